The fourth-order valence-corrected chi connectivity index (χ4v) is 1.67. The highest BCUT2D eigenvalue weighted by atomic mass is 19.4. The molecule has 0 aromatic rings. The Balaban J connectivity index is 4.40. The third kappa shape index (κ3) is 3.57. The smallest absolute Gasteiger partial charge is 0.171 e. The first-order valence-corrected chi connectivity index (χ1v) is 4.91. The van der Waals surface area contributed by atoms with Gasteiger partial charge in [0.25, 0.3) is 0 Å². The van der Waals surface area contributed by atoms with E-state index in [-0.39, 0.29) is 18.3 Å². The van der Waals surface area contributed by atoms with E-state index < -0.39 is 12.1 Å². The third-order valence-corrected chi connectivity index (χ3v) is 3.04. The monoisotopic (exact) mass is 196 g/mol. The minimum Gasteiger partial charge on any atom is -0.171 e. The van der Waals surface area contributed by atoms with Gasteiger partial charge in [-0.15, -0.1) is 0 Å². The zero-order valence-electron chi connectivity index (χ0n) is 8.78. The van der Waals surface area contributed by atoms with Crippen LogP contribution in [0.25, 0.3) is 0 Å². The molecule has 0 bridgehead atoms. The molecule has 80 valence electrons. The topological polar surface area (TPSA) is 0 Å². The molecule has 0 spiro atoms. The molecule has 0 amide bonds. The van der Waals surface area contributed by atoms with Gasteiger partial charge in [0.05, 0.1) is 5.92 Å². The second-order valence-corrected chi connectivity index (χ2v) is 3.80. The minimum absolute atomic E-state index is 0.145. The zero-order valence-corrected chi connectivity index (χ0v) is 8.78. The van der Waals surface area contributed by atoms with Crippen molar-refractivity contribution in [2.75, 3.05) is 0 Å². The number of rotatable bonds is 4. The van der Waals surface area contributed by atoms with Crippen LogP contribution in [0.4, 0.5) is 13.2 Å². The van der Waals surface area contributed by atoms with E-state index in [1.54, 1.807) is 13.8 Å². The summed E-state index contributed by atoms with van der Waals surface area (Å²) in [6, 6.07) is 0. The Hall–Kier alpha value is -0.210. The highest BCUT2D eigenvalue weighted by Crippen LogP contribution is 2.38. The van der Waals surface area contributed by atoms with Gasteiger partial charge in [-0.05, 0) is 18.3 Å². The summed E-state index contributed by atoms with van der Waals surface area (Å²) in [7, 11) is 0. The molecule has 0 fully saturated rings. The van der Waals surface area contributed by atoms with Crippen molar-refractivity contribution in [3.63, 3.8) is 0 Å². The molecule has 3 atom stereocenters. The second-order valence-electron chi connectivity index (χ2n) is 3.80. The molecule has 1 unspecified atom stereocenters. The first-order valence-electron chi connectivity index (χ1n) is 4.91. The van der Waals surface area contributed by atoms with Crippen LogP contribution in [0.3, 0.4) is 0 Å². The van der Waals surface area contributed by atoms with Crippen molar-refractivity contribution >= 4 is 0 Å². The van der Waals surface area contributed by atoms with Crippen LogP contribution >= 0.6 is 0 Å². The maximum Gasteiger partial charge on any atom is 0.392 e. The van der Waals surface area contributed by atoms with E-state index in [1.165, 1.54) is 0 Å². The molecule has 0 aromatic carbocycles. The number of alkyl halides is 3. The van der Waals surface area contributed by atoms with E-state index in [9.17, 15) is 13.2 Å². The van der Waals surface area contributed by atoms with E-state index in [0.717, 1.165) is 6.42 Å². The average Bonchev–Trinajstić information content (AvgIpc) is 2.01. The van der Waals surface area contributed by atoms with Crippen molar-refractivity contribution < 1.29 is 13.2 Å². The number of hydrogen-bond acceptors (Lipinski definition) is 0. The van der Waals surface area contributed by atoms with Gasteiger partial charge in [-0.2, -0.15) is 13.2 Å². The molecule has 0 radical (unpaired) electrons. The van der Waals surface area contributed by atoms with Crippen LogP contribution < -0.4 is 0 Å². The van der Waals surface area contributed by atoms with Crippen molar-refractivity contribution in [3.05, 3.63) is 0 Å². The van der Waals surface area contributed by atoms with Gasteiger partial charge < -0.3 is 0 Å². The maximum atomic E-state index is 12.5. The molecule has 0 saturated heterocycles. The van der Waals surface area contributed by atoms with E-state index >= 15 is 0 Å². The fraction of sp³-hybridized carbons (Fsp3) is 1.00. The Kier molecular flexibility index (Phi) is 4.79. The van der Waals surface area contributed by atoms with E-state index in [4.69, 9.17) is 0 Å². The van der Waals surface area contributed by atoms with Gasteiger partial charge >= 0.3 is 6.18 Å². The van der Waals surface area contributed by atoms with Gasteiger partial charge in [0.1, 0.15) is 0 Å². The molecule has 3 heteroatoms. The van der Waals surface area contributed by atoms with Crippen LogP contribution in [-0.2, 0) is 0 Å². The molecule has 0 aliphatic rings. The lowest BCUT2D eigenvalue weighted by Gasteiger charge is -2.29. The molecule has 0 heterocycles. The second kappa shape index (κ2) is 4.87. The lowest BCUT2D eigenvalue weighted by molar-refractivity contribution is -0.192. The summed E-state index contributed by atoms with van der Waals surface area (Å²) in [5, 5.41) is 0. The lowest BCUT2D eigenvalue weighted by atomic mass is 9.81. The third-order valence-electron chi connectivity index (χ3n) is 3.04. The Bertz CT molecular complexity index is 140. The summed E-state index contributed by atoms with van der Waals surface area (Å²) in [5.41, 5.74) is 0. The van der Waals surface area contributed by atoms with E-state index in [0.29, 0.717) is 0 Å². The fourth-order valence-electron chi connectivity index (χ4n) is 1.67. The molecule has 13 heavy (non-hydrogen) atoms. The van der Waals surface area contributed by atoms with Gasteiger partial charge in [0.15, 0.2) is 0 Å². The van der Waals surface area contributed by atoms with Crippen LogP contribution in [0.1, 0.15) is 40.5 Å². The van der Waals surface area contributed by atoms with E-state index in [2.05, 4.69) is 0 Å². The Morgan fingerprint density at radius 1 is 1.00 bits per heavy atom. The van der Waals surface area contributed by atoms with Gasteiger partial charge in [-0.25, -0.2) is 0 Å². The molecule has 0 aliphatic carbocycles. The number of hydrogen-bond donors (Lipinski definition) is 0. The van der Waals surface area contributed by atoms with Crippen molar-refractivity contribution in [1.29, 1.82) is 0 Å². The predicted molar refractivity (Wildman–Crippen MR) is 48.5 cm³/mol. The zero-order chi connectivity index (χ0) is 10.6. The van der Waals surface area contributed by atoms with Gasteiger partial charge in [0, 0.05) is 0 Å². The van der Waals surface area contributed by atoms with Gasteiger partial charge in [-0.3, -0.25) is 0 Å². The predicted octanol–water partition coefficient (Wildman–Crippen LogP) is 4.26. The van der Waals surface area contributed by atoms with Crippen LogP contribution in [0.15, 0.2) is 0 Å². The van der Waals surface area contributed by atoms with Crippen LogP contribution in [0.5, 0.6) is 0 Å². The average molecular weight is 196 g/mol. The summed E-state index contributed by atoms with van der Waals surface area (Å²) < 4.78 is 37.4. The van der Waals surface area contributed by atoms with Crippen LogP contribution in [-0.4, -0.2) is 6.18 Å². The first-order chi connectivity index (χ1) is 5.84. The molecule has 0 saturated carbocycles. The molecular weight excluding hydrogens is 177 g/mol. The Labute approximate surface area is 78.5 Å². The molecule has 0 N–H and O–H groups in total. The standard InChI is InChI=1S/C10H19F3/c1-5-7(3)8(4)9(6-2)10(11,12)13/h7-9H,5-6H2,1-4H3/t7-,8-,9?/m0/s1. The summed E-state index contributed by atoms with van der Waals surface area (Å²) in [6.45, 7) is 7.14. The quantitative estimate of drug-likeness (QED) is 0.630. The summed E-state index contributed by atoms with van der Waals surface area (Å²) in [4.78, 5) is 0. The molecular formula is C10H19F3. The highest BCUT2D eigenvalue weighted by Gasteiger charge is 2.42. The minimum atomic E-state index is -4.03. The van der Waals surface area contributed by atoms with E-state index in [1.807, 2.05) is 13.8 Å². The summed E-state index contributed by atoms with van der Waals surface area (Å²) in [5.74, 6) is -1.26. The molecule has 0 aromatic heterocycles. The maximum absolute atomic E-state index is 12.5. The van der Waals surface area contributed by atoms with Crippen molar-refractivity contribution in [1.82, 2.24) is 0 Å². The normalized spacial score (nSPS) is 19.6. The van der Waals surface area contributed by atoms with Gasteiger partial charge in [0.2, 0.25) is 0 Å². The highest BCUT2D eigenvalue weighted by molar-refractivity contribution is 4.75. The summed E-state index contributed by atoms with van der Waals surface area (Å²) in [6.07, 6.45) is -3.03. The first kappa shape index (κ1) is 12.8. The summed E-state index contributed by atoms with van der Waals surface area (Å²) >= 11 is 0. The lowest BCUT2D eigenvalue weighted by Crippen LogP contribution is -2.31. The number of halogens is 3. The Morgan fingerprint density at radius 2 is 1.46 bits per heavy atom. The van der Waals surface area contributed by atoms with Gasteiger partial charge in [-0.1, -0.05) is 34.1 Å². The largest absolute Gasteiger partial charge is 0.392 e. The molecule has 0 aliphatic heterocycles. The van der Waals surface area contributed by atoms with Crippen LogP contribution in [0.2, 0.25) is 0 Å². The molecule has 0 nitrogen and oxygen atoms in total. The van der Waals surface area contributed by atoms with Crippen molar-refractivity contribution in [2.24, 2.45) is 17.8 Å². The van der Waals surface area contributed by atoms with Crippen molar-refractivity contribution in [3.8, 4) is 0 Å². The van der Waals surface area contributed by atoms with Crippen LogP contribution in [0, 0.1) is 17.8 Å². The Morgan fingerprint density at radius 3 is 1.69 bits per heavy atom. The van der Waals surface area contributed by atoms with Crippen molar-refractivity contribution in [2.45, 2.75) is 46.7 Å². The SMILES string of the molecule is CCC([C@@H](C)[C@@H](C)CC)C(F)(F)F. The molecule has 0 rings (SSSR count).